The third-order valence-electron chi connectivity index (χ3n) is 2.54. The summed E-state index contributed by atoms with van der Waals surface area (Å²) >= 11 is 0. The Morgan fingerprint density at radius 2 is 2.21 bits per heavy atom. The van der Waals surface area contributed by atoms with E-state index in [1.54, 1.807) is 0 Å². The van der Waals surface area contributed by atoms with E-state index in [1.807, 2.05) is 13.1 Å². The third kappa shape index (κ3) is 1.23. The molecule has 0 amide bonds. The minimum atomic E-state index is 0.783. The quantitative estimate of drug-likeness (QED) is 0.662. The first-order valence-corrected chi connectivity index (χ1v) is 4.81. The zero-order valence-corrected chi connectivity index (χ0v) is 8.45. The monoisotopic (exact) mass is 187 g/mol. The van der Waals surface area contributed by atoms with Crippen molar-refractivity contribution in [2.75, 3.05) is 0 Å². The van der Waals surface area contributed by atoms with Crippen LogP contribution in [0.3, 0.4) is 0 Å². The molecule has 0 fully saturated rings. The molecule has 0 aliphatic heterocycles. The Hall–Kier alpha value is -1.57. The lowest BCUT2D eigenvalue weighted by Gasteiger charge is -1.99. The van der Waals surface area contributed by atoms with Gasteiger partial charge in [0.25, 0.3) is 0 Å². The zero-order valence-electron chi connectivity index (χ0n) is 8.45. The summed E-state index contributed by atoms with van der Waals surface area (Å²) in [6.45, 7) is 5.01. The van der Waals surface area contributed by atoms with Crippen molar-refractivity contribution < 1.29 is 4.79 Å². The van der Waals surface area contributed by atoms with Gasteiger partial charge in [0, 0.05) is 29.2 Å². The number of fused-ring (bicyclic) bond motifs is 1. The van der Waals surface area contributed by atoms with Crippen molar-refractivity contribution in [3.63, 3.8) is 0 Å². The Morgan fingerprint density at radius 3 is 2.86 bits per heavy atom. The lowest BCUT2D eigenvalue weighted by Crippen LogP contribution is -1.90. The SMILES string of the molecule is CCn1cc(C=O)c2cc(C)ccc21. The molecule has 0 saturated heterocycles. The van der Waals surface area contributed by atoms with E-state index in [4.69, 9.17) is 0 Å². The van der Waals surface area contributed by atoms with Gasteiger partial charge in [-0.3, -0.25) is 4.79 Å². The average molecular weight is 187 g/mol. The summed E-state index contributed by atoms with van der Waals surface area (Å²) < 4.78 is 2.10. The van der Waals surface area contributed by atoms with Gasteiger partial charge in [0.2, 0.25) is 0 Å². The van der Waals surface area contributed by atoms with Crippen molar-refractivity contribution in [3.05, 3.63) is 35.5 Å². The molecule has 0 aliphatic rings. The fourth-order valence-electron chi connectivity index (χ4n) is 1.79. The van der Waals surface area contributed by atoms with Gasteiger partial charge in [0.15, 0.2) is 6.29 Å². The zero-order chi connectivity index (χ0) is 10.1. The van der Waals surface area contributed by atoms with Gasteiger partial charge in [-0.25, -0.2) is 0 Å². The highest BCUT2D eigenvalue weighted by atomic mass is 16.1. The molecule has 2 heteroatoms. The van der Waals surface area contributed by atoms with Gasteiger partial charge >= 0.3 is 0 Å². The fourth-order valence-corrected chi connectivity index (χ4v) is 1.79. The molecule has 0 saturated carbocycles. The second kappa shape index (κ2) is 3.29. The van der Waals surface area contributed by atoms with Crippen LogP contribution in [-0.2, 0) is 6.54 Å². The molecule has 0 atom stereocenters. The van der Waals surface area contributed by atoms with Crippen molar-refractivity contribution in [1.82, 2.24) is 4.57 Å². The summed E-state index contributed by atoms with van der Waals surface area (Å²) in [4.78, 5) is 10.8. The molecule has 0 N–H and O–H groups in total. The predicted molar refractivity (Wildman–Crippen MR) is 57.7 cm³/mol. The van der Waals surface area contributed by atoms with Gasteiger partial charge in [-0.2, -0.15) is 0 Å². The molecule has 0 aliphatic carbocycles. The molecule has 0 unspecified atom stereocenters. The highest BCUT2D eigenvalue weighted by Gasteiger charge is 2.06. The summed E-state index contributed by atoms with van der Waals surface area (Å²) in [6, 6.07) is 6.20. The summed E-state index contributed by atoms with van der Waals surface area (Å²) in [7, 11) is 0. The lowest BCUT2D eigenvalue weighted by molar-refractivity contribution is 0.112. The molecule has 72 valence electrons. The van der Waals surface area contributed by atoms with E-state index >= 15 is 0 Å². The van der Waals surface area contributed by atoms with E-state index in [2.05, 4.69) is 29.7 Å². The van der Waals surface area contributed by atoms with Crippen LogP contribution in [0.1, 0.15) is 22.8 Å². The van der Waals surface area contributed by atoms with E-state index in [9.17, 15) is 4.79 Å². The molecular weight excluding hydrogens is 174 g/mol. The number of hydrogen-bond donors (Lipinski definition) is 0. The van der Waals surface area contributed by atoms with Crippen LogP contribution in [-0.4, -0.2) is 10.9 Å². The minimum absolute atomic E-state index is 0.783. The predicted octanol–water partition coefficient (Wildman–Crippen LogP) is 2.78. The van der Waals surface area contributed by atoms with E-state index in [0.717, 1.165) is 29.3 Å². The molecule has 2 rings (SSSR count). The molecule has 2 nitrogen and oxygen atoms in total. The highest BCUT2D eigenvalue weighted by Crippen LogP contribution is 2.21. The lowest BCUT2D eigenvalue weighted by atomic mass is 10.1. The van der Waals surface area contributed by atoms with Crippen molar-refractivity contribution in [2.45, 2.75) is 20.4 Å². The van der Waals surface area contributed by atoms with Gasteiger partial charge < -0.3 is 4.57 Å². The second-order valence-electron chi connectivity index (χ2n) is 3.51. The van der Waals surface area contributed by atoms with Crippen molar-refractivity contribution in [2.24, 2.45) is 0 Å². The fraction of sp³-hybridized carbons (Fsp3) is 0.250. The number of hydrogen-bond acceptors (Lipinski definition) is 1. The maximum Gasteiger partial charge on any atom is 0.152 e. The number of rotatable bonds is 2. The Morgan fingerprint density at radius 1 is 1.43 bits per heavy atom. The van der Waals surface area contributed by atoms with Gasteiger partial charge in [0.1, 0.15) is 0 Å². The molecule has 1 aromatic heterocycles. The largest absolute Gasteiger partial charge is 0.347 e. The first kappa shape index (κ1) is 9.00. The summed E-state index contributed by atoms with van der Waals surface area (Å²) in [5.41, 5.74) is 3.11. The van der Waals surface area contributed by atoms with E-state index < -0.39 is 0 Å². The van der Waals surface area contributed by atoms with Crippen LogP contribution in [0, 0.1) is 6.92 Å². The average Bonchev–Trinajstić information content (AvgIpc) is 2.55. The standard InChI is InChI=1S/C12H13NO/c1-3-13-7-10(8-14)11-6-9(2)4-5-12(11)13/h4-8H,3H2,1-2H3. The van der Waals surface area contributed by atoms with Gasteiger partial charge in [0.05, 0.1) is 0 Å². The molecule has 1 aromatic carbocycles. The maximum atomic E-state index is 10.8. The Labute approximate surface area is 83.2 Å². The van der Waals surface area contributed by atoms with Gasteiger partial charge in [-0.1, -0.05) is 11.6 Å². The van der Waals surface area contributed by atoms with Crippen molar-refractivity contribution in [1.29, 1.82) is 0 Å². The molecular formula is C12H13NO. The van der Waals surface area contributed by atoms with E-state index in [1.165, 1.54) is 5.56 Å². The topological polar surface area (TPSA) is 22.0 Å². The minimum Gasteiger partial charge on any atom is -0.347 e. The Kier molecular flexibility index (Phi) is 2.12. The van der Waals surface area contributed by atoms with Crippen molar-refractivity contribution in [3.8, 4) is 0 Å². The van der Waals surface area contributed by atoms with Gasteiger partial charge in [-0.05, 0) is 26.0 Å². The van der Waals surface area contributed by atoms with Crippen molar-refractivity contribution >= 4 is 17.2 Å². The first-order valence-electron chi connectivity index (χ1n) is 4.81. The first-order chi connectivity index (χ1) is 6.76. The van der Waals surface area contributed by atoms with E-state index in [-0.39, 0.29) is 0 Å². The number of aryl methyl sites for hydroxylation is 2. The number of aldehydes is 1. The summed E-state index contributed by atoms with van der Waals surface area (Å²) in [5.74, 6) is 0. The van der Waals surface area contributed by atoms with Crippen LogP contribution >= 0.6 is 0 Å². The molecule has 0 radical (unpaired) electrons. The van der Waals surface area contributed by atoms with Crippen LogP contribution in [0.4, 0.5) is 0 Å². The number of carbonyl (C=O) groups excluding carboxylic acids is 1. The Balaban J connectivity index is 2.82. The summed E-state index contributed by atoms with van der Waals surface area (Å²) in [5, 5.41) is 1.06. The Bertz CT molecular complexity index is 482. The third-order valence-corrected chi connectivity index (χ3v) is 2.54. The van der Waals surface area contributed by atoms with Crippen LogP contribution in [0.15, 0.2) is 24.4 Å². The molecule has 1 heterocycles. The van der Waals surface area contributed by atoms with Crippen LogP contribution in [0.5, 0.6) is 0 Å². The van der Waals surface area contributed by atoms with Crippen LogP contribution in [0.2, 0.25) is 0 Å². The highest BCUT2D eigenvalue weighted by molar-refractivity contribution is 5.97. The van der Waals surface area contributed by atoms with Crippen LogP contribution in [0.25, 0.3) is 10.9 Å². The number of benzene rings is 1. The maximum absolute atomic E-state index is 10.8. The normalized spacial score (nSPS) is 10.7. The molecule has 0 bridgehead atoms. The van der Waals surface area contributed by atoms with Crippen LogP contribution < -0.4 is 0 Å². The number of carbonyl (C=O) groups is 1. The number of nitrogens with zero attached hydrogens (tertiary/aromatic N) is 1. The molecule has 0 spiro atoms. The number of aromatic nitrogens is 1. The molecule has 2 aromatic rings. The van der Waals surface area contributed by atoms with E-state index in [0.29, 0.717) is 0 Å². The smallest absolute Gasteiger partial charge is 0.152 e. The molecule has 14 heavy (non-hydrogen) atoms. The second-order valence-corrected chi connectivity index (χ2v) is 3.51. The summed E-state index contributed by atoms with van der Waals surface area (Å²) in [6.07, 6.45) is 2.84. The van der Waals surface area contributed by atoms with Gasteiger partial charge in [-0.15, -0.1) is 0 Å².